The first-order valence-corrected chi connectivity index (χ1v) is 12.4. The Morgan fingerprint density at radius 2 is 1.11 bits per heavy atom. The van der Waals surface area contributed by atoms with E-state index in [4.69, 9.17) is 4.42 Å². The lowest BCUT2D eigenvalue weighted by Crippen LogP contribution is -1.90. The van der Waals surface area contributed by atoms with Crippen LogP contribution in [0.2, 0.25) is 0 Å². The standard InChI is InChI=1S/C33H24N2O/c1-34-26-9-5-3-7-22(26)24-18-20(11-13-27(24)34)17-21-12-14-28-25(19-21)32-29(35(28)2)15-16-31-33(32)23-8-4-6-10-30(23)36-31/h3-16,18-19H,17H2,1-2H3. The number of benzene rings is 5. The van der Waals surface area contributed by atoms with Crippen molar-refractivity contribution in [3.63, 3.8) is 0 Å². The Labute approximate surface area is 207 Å². The molecular weight excluding hydrogens is 440 g/mol. The SMILES string of the molecule is Cn1c2ccccc2c2cc(Cc3ccc4c(c3)c3c5c(ccc3n4C)oc3ccccc35)ccc21. The van der Waals surface area contributed by atoms with Crippen LogP contribution in [0, 0.1) is 0 Å². The summed E-state index contributed by atoms with van der Waals surface area (Å²) in [6, 6.07) is 35.2. The Balaban J connectivity index is 1.33. The third-order valence-electron chi connectivity index (χ3n) is 7.96. The molecule has 36 heavy (non-hydrogen) atoms. The summed E-state index contributed by atoms with van der Waals surface area (Å²) in [5, 5.41) is 7.59. The Hall–Kier alpha value is -4.50. The van der Waals surface area contributed by atoms with Crippen LogP contribution in [-0.4, -0.2) is 9.13 Å². The minimum Gasteiger partial charge on any atom is -0.456 e. The smallest absolute Gasteiger partial charge is 0.136 e. The van der Waals surface area contributed by atoms with Gasteiger partial charge < -0.3 is 13.6 Å². The van der Waals surface area contributed by atoms with E-state index in [1.807, 2.05) is 6.07 Å². The minimum absolute atomic E-state index is 0.896. The van der Waals surface area contributed by atoms with Crippen molar-refractivity contribution in [1.82, 2.24) is 9.13 Å². The number of nitrogens with zero attached hydrogens (tertiary/aromatic N) is 2. The Morgan fingerprint density at radius 3 is 1.94 bits per heavy atom. The molecule has 3 nitrogen and oxygen atoms in total. The number of hydrogen-bond donors (Lipinski definition) is 0. The molecule has 8 aromatic rings. The highest BCUT2D eigenvalue weighted by Gasteiger charge is 2.17. The van der Waals surface area contributed by atoms with E-state index < -0.39 is 0 Å². The fraction of sp³-hybridized carbons (Fsp3) is 0.0909. The zero-order valence-electron chi connectivity index (χ0n) is 20.2. The van der Waals surface area contributed by atoms with Gasteiger partial charge in [-0.05, 0) is 66.1 Å². The topological polar surface area (TPSA) is 23.0 Å². The summed E-state index contributed by atoms with van der Waals surface area (Å²) in [6.07, 6.45) is 0.896. The summed E-state index contributed by atoms with van der Waals surface area (Å²) in [5.74, 6) is 0. The largest absolute Gasteiger partial charge is 0.456 e. The summed E-state index contributed by atoms with van der Waals surface area (Å²) in [6.45, 7) is 0. The van der Waals surface area contributed by atoms with E-state index in [1.165, 1.54) is 65.5 Å². The first-order chi connectivity index (χ1) is 17.7. The van der Waals surface area contributed by atoms with E-state index >= 15 is 0 Å². The van der Waals surface area contributed by atoms with E-state index in [1.54, 1.807) is 0 Å². The van der Waals surface area contributed by atoms with Crippen molar-refractivity contribution in [1.29, 1.82) is 0 Å². The normalized spacial score (nSPS) is 12.3. The fourth-order valence-electron chi connectivity index (χ4n) is 6.23. The monoisotopic (exact) mass is 464 g/mol. The molecule has 0 aliphatic rings. The van der Waals surface area contributed by atoms with E-state index in [-0.39, 0.29) is 0 Å². The van der Waals surface area contributed by atoms with E-state index in [0.29, 0.717) is 0 Å². The maximum atomic E-state index is 6.21. The van der Waals surface area contributed by atoms with Crippen molar-refractivity contribution in [3.05, 3.63) is 108 Å². The first-order valence-electron chi connectivity index (χ1n) is 12.4. The number of hydrogen-bond acceptors (Lipinski definition) is 1. The van der Waals surface area contributed by atoms with Gasteiger partial charge in [0.15, 0.2) is 0 Å². The Bertz CT molecular complexity index is 2150. The first kappa shape index (κ1) is 19.8. The summed E-state index contributed by atoms with van der Waals surface area (Å²) in [7, 11) is 4.31. The van der Waals surface area contributed by atoms with Crippen LogP contribution < -0.4 is 0 Å². The average Bonchev–Trinajstić information content (AvgIpc) is 3.52. The van der Waals surface area contributed by atoms with Gasteiger partial charge in [0.1, 0.15) is 11.2 Å². The molecule has 0 saturated heterocycles. The number of para-hydroxylation sites is 2. The van der Waals surface area contributed by atoms with Crippen molar-refractivity contribution >= 4 is 65.6 Å². The third-order valence-corrected chi connectivity index (χ3v) is 7.96. The predicted octanol–water partition coefficient (Wildman–Crippen LogP) is 8.47. The van der Waals surface area contributed by atoms with Crippen LogP contribution in [0.1, 0.15) is 11.1 Å². The molecule has 0 radical (unpaired) electrons. The van der Waals surface area contributed by atoms with Gasteiger partial charge in [0.05, 0.1) is 0 Å². The molecule has 0 unspecified atom stereocenters. The molecule has 0 spiro atoms. The lowest BCUT2D eigenvalue weighted by molar-refractivity contribution is 0.669. The van der Waals surface area contributed by atoms with Crippen molar-refractivity contribution in [3.8, 4) is 0 Å². The quantitative estimate of drug-likeness (QED) is 0.252. The van der Waals surface area contributed by atoms with Crippen molar-refractivity contribution < 1.29 is 4.42 Å². The molecule has 0 saturated carbocycles. The van der Waals surface area contributed by atoms with Crippen molar-refractivity contribution in [2.75, 3.05) is 0 Å². The lowest BCUT2D eigenvalue weighted by Gasteiger charge is -2.05. The summed E-state index contributed by atoms with van der Waals surface area (Å²) in [5.41, 5.74) is 9.57. The molecule has 8 rings (SSSR count). The summed E-state index contributed by atoms with van der Waals surface area (Å²) < 4.78 is 10.8. The molecule has 0 N–H and O–H groups in total. The van der Waals surface area contributed by atoms with Crippen molar-refractivity contribution in [2.24, 2.45) is 14.1 Å². The highest BCUT2D eigenvalue weighted by Crippen LogP contribution is 2.40. The fourth-order valence-corrected chi connectivity index (χ4v) is 6.23. The Morgan fingerprint density at radius 1 is 0.500 bits per heavy atom. The summed E-state index contributed by atoms with van der Waals surface area (Å²) in [4.78, 5) is 0. The molecule has 172 valence electrons. The minimum atomic E-state index is 0.896. The number of furan rings is 1. The maximum absolute atomic E-state index is 6.21. The van der Waals surface area contributed by atoms with Gasteiger partial charge in [-0.25, -0.2) is 0 Å². The molecule has 3 aromatic heterocycles. The maximum Gasteiger partial charge on any atom is 0.136 e. The second-order valence-corrected chi connectivity index (χ2v) is 9.95. The Kier molecular flexibility index (Phi) is 3.85. The number of fused-ring (bicyclic) bond motifs is 10. The number of rotatable bonds is 2. The van der Waals surface area contributed by atoms with Crippen LogP contribution in [0.4, 0.5) is 0 Å². The van der Waals surface area contributed by atoms with Gasteiger partial charge in [0.25, 0.3) is 0 Å². The van der Waals surface area contributed by atoms with Crippen LogP contribution in [-0.2, 0) is 20.5 Å². The molecule has 5 aromatic carbocycles. The number of aromatic nitrogens is 2. The predicted molar refractivity (Wildman–Crippen MR) is 151 cm³/mol. The zero-order chi connectivity index (χ0) is 24.0. The molecule has 0 aliphatic carbocycles. The zero-order valence-corrected chi connectivity index (χ0v) is 20.2. The summed E-state index contributed by atoms with van der Waals surface area (Å²) >= 11 is 0. The van der Waals surface area contributed by atoms with Gasteiger partial charge >= 0.3 is 0 Å². The van der Waals surface area contributed by atoms with Crippen LogP contribution in [0.5, 0.6) is 0 Å². The van der Waals surface area contributed by atoms with Crippen LogP contribution in [0.15, 0.2) is 101 Å². The van der Waals surface area contributed by atoms with Gasteiger partial charge in [-0.15, -0.1) is 0 Å². The molecule has 0 aliphatic heterocycles. The molecular formula is C33H24N2O. The highest BCUT2D eigenvalue weighted by atomic mass is 16.3. The van der Waals surface area contributed by atoms with E-state index in [0.717, 1.165) is 17.6 Å². The number of aryl methyl sites for hydroxylation is 2. The molecule has 0 atom stereocenters. The lowest BCUT2D eigenvalue weighted by atomic mass is 9.99. The molecule has 0 bridgehead atoms. The van der Waals surface area contributed by atoms with Crippen molar-refractivity contribution in [2.45, 2.75) is 6.42 Å². The van der Waals surface area contributed by atoms with Crippen LogP contribution >= 0.6 is 0 Å². The van der Waals surface area contributed by atoms with Crippen LogP contribution in [0.25, 0.3) is 65.6 Å². The van der Waals surface area contributed by atoms with E-state index in [9.17, 15) is 0 Å². The molecule has 3 heteroatoms. The average molecular weight is 465 g/mol. The van der Waals surface area contributed by atoms with Gasteiger partial charge in [-0.3, -0.25) is 0 Å². The molecule has 0 fully saturated rings. The van der Waals surface area contributed by atoms with Gasteiger partial charge in [0, 0.05) is 68.5 Å². The van der Waals surface area contributed by atoms with Gasteiger partial charge in [0.2, 0.25) is 0 Å². The van der Waals surface area contributed by atoms with Gasteiger partial charge in [-0.1, -0.05) is 48.5 Å². The van der Waals surface area contributed by atoms with Crippen LogP contribution in [0.3, 0.4) is 0 Å². The molecule has 3 heterocycles. The molecule has 0 amide bonds. The van der Waals surface area contributed by atoms with Gasteiger partial charge in [-0.2, -0.15) is 0 Å². The van der Waals surface area contributed by atoms with E-state index in [2.05, 4.69) is 114 Å². The second kappa shape index (κ2) is 7.02. The highest BCUT2D eigenvalue weighted by molar-refractivity contribution is 6.27. The second-order valence-electron chi connectivity index (χ2n) is 9.95. The third kappa shape index (κ3) is 2.57.